The molecule has 2 fully saturated rings. The van der Waals surface area contributed by atoms with Crippen LogP contribution in [-0.2, 0) is 14.8 Å². The van der Waals surface area contributed by atoms with Crippen molar-refractivity contribution in [1.82, 2.24) is 4.72 Å². The predicted molar refractivity (Wildman–Crippen MR) is 88.3 cm³/mol. The molecule has 2 N–H and O–H groups in total. The van der Waals surface area contributed by atoms with Gasteiger partial charge >= 0.3 is 0 Å². The number of ketones is 1. The minimum absolute atomic E-state index is 0.0757. The topological polar surface area (TPSA) is 92.7 Å². The number of nitrogens with one attached hydrogen (secondary N) is 1. The van der Waals surface area contributed by atoms with Gasteiger partial charge in [0.05, 0.1) is 11.5 Å². The molecule has 1 saturated heterocycles. The highest BCUT2D eigenvalue weighted by Gasteiger charge is 2.34. The Labute approximate surface area is 142 Å². The number of benzene rings is 1. The Morgan fingerprint density at radius 1 is 1.21 bits per heavy atom. The first-order chi connectivity index (χ1) is 11.5. The van der Waals surface area contributed by atoms with Crippen LogP contribution < -0.4 is 4.72 Å². The molecule has 1 saturated carbocycles. The first kappa shape index (κ1) is 17.5. The number of hydrogen-bond donors (Lipinski definition) is 2. The van der Waals surface area contributed by atoms with Crippen molar-refractivity contribution in [1.29, 1.82) is 0 Å². The Hall–Kier alpha value is -1.28. The third kappa shape index (κ3) is 3.85. The average molecular weight is 353 g/mol. The lowest BCUT2D eigenvalue weighted by Gasteiger charge is -2.35. The molecule has 0 aromatic heterocycles. The molecule has 1 aromatic carbocycles. The fraction of sp³-hybridized carbons (Fsp3) is 0.588. The molecule has 3 rings (SSSR count). The SMILES string of the molecule is O=C(c1ccc(S(=O)(=O)NCC2(CO)CCOCC2)cc1)C1CC1. The number of carbonyl (C=O) groups excluding carboxylic acids is 1. The lowest BCUT2D eigenvalue weighted by molar-refractivity contribution is -0.0126. The highest BCUT2D eigenvalue weighted by molar-refractivity contribution is 7.89. The van der Waals surface area contributed by atoms with Gasteiger partial charge in [-0.3, -0.25) is 4.79 Å². The van der Waals surface area contributed by atoms with E-state index in [0.717, 1.165) is 12.8 Å². The molecule has 0 atom stereocenters. The Morgan fingerprint density at radius 2 is 1.83 bits per heavy atom. The minimum Gasteiger partial charge on any atom is -0.396 e. The number of Topliss-reactive ketones (excluding diaryl/α,β-unsaturated/α-hetero) is 1. The zero-order chi connectivity index (χ0) is 17.2. The molecular weight excluding hydrogens is 330 g/mol. The van der Waals surface area contributed by atoms with E-state index < -0.39 is 15.4 Å². The molecule has 132 valence electrons. The van der Waals surface area contributed by atoms with E-state index >= 15 is 0 Å². The van der Waals surface area contributed by atoms with Crippen molar-refractivity contribution in [2.45, 2.75) is 30.6 Å². The fourth-order valence-electron chi connectivity index (χ4n) is 2.91. The summed E-state index contributed by atoms with van der Waals surface area (Å²) in [6.45, 7) is 1.16. The number of aliphatic hydroxyl groups excluding tert-OH is 1. The summed E-state index contributed by atoms with van der Waals surface area (Å²) in [5.41, 5.74) is 0.0976. The molecular formula is C17H23NO5S. The van der Waals surface area contributed by atoms with E-state index in [1.165, 1.54) is 12.1 Å². The second-order valence-corrected chi connectivity index (χ2v) is 8.52. The van der Waals surface area contributed by atoms with Crippen molar-refractivity contribution in [3.63, 3.8) is 0 Å². The maximum atomic E-state index is 12.5. The van der Waals surface area contributed by atoms with Gasteiger partial charge in [-0.15, -0.1) is 0 Å². The third-order valence-corrected chi connectivity index (χ3v) is 6.34. The van der Waals surface area contributed by atoms with Gasteiger partial charge in [0.25, 0.3) is 0 Å². The zero-order valence-corrected chi connectivity index (χ0v) is 14.3. The Kier molecular flexibility index (Phi) is 5.05. The van der Waals surface area contributed by atoms with E-state index in [1.54, 1.807) is 12.1 Å². The summed E-state index contributed by atoms with van der Waals surface area (Å²) in [4.78, 5) is 12.1. The summed E-state index contributed by atoms with van der Waals surface area (Å²) >= 11 is 0. The quantitative estimate of drug-likeness (QED) is 0.722. The number of sulfonamides is 1. The average Bonchev–Trinajstić information content (AvgIpc) is 3.45. The monoisotopic (exact) mass is 353 g/mol. The molecule has 0 radical (unpaired) electrons. The van der Waals surface area contributed by atoms with E-state index in [1.807, 2.05) is 0 Å². The smallest absolute Gasteiger partial charge is 0.240 e. The van der Waals surface area contributed by atoms with Crippen LogP contribution in [0.25, 0.3) is 0 Å². The normalized spacial score (nSPS) is 20.7. The second-order valence-electron chi connectivity index (χ2n) is 6.76. The van der Waals surface area contributed by atoms with Gasteiger partial charge in [-0.25, -0.2) is 13.1 Å². The Morgan fingerprint density at radius 3 is 2.38 bits per heavy atom. The van der Waals surface area contributed by atoms with Crippen molar-refractivity contribution in [3.8, 4) is 0 Å². The molecule has 1 aliphatic carbocycles. The van der Waals surface area contributed by atoms with E-state index in [-0.39, 0.29) is 29.7 Å². The number of rotatable bonds is 7. The molecule has 0 amide bonds. The molecule has 0 spiro atoms. The van der Waals surface area contributed by atoms with Crippen LogP contribution in [-0.4, -0.2) is 45.7 Å². The van der Waals surface area contributed by atoms with Crippen LogP contribution in [0.15, 0.2) is 29.2 Å². The molecule has 7 heteroatoms. The summed E-state index contributed by atoms with van der Waals surface area (Å²) in [5.74, 6) is 0.205. The van der Waals surface area contributed by atoms with Crippen molar-refractivity contribution in [2.24, 2.45) is 11.3 Å². The molecule has 2 aliphatic rings. The highest BCUT2D eigenvalue weighted by Crippen LogP contribution is 2.33. The molecule has 0 bridgehead atoms. The van der Waals surface area contributed by atoms with Crippen LogP contribution in [0.3, 0.4) is 0 Å². The van der Waals surface area contributed by atoms with Gasteiger partial charge in [0.15, 0.2) is 5.78 Å². The molecule has 1 aliphatic heterocycles. The summed E-state index contributed by atoms with van der Waals surface area (Å²) < 4.78 is 32.8. The number of ether oxygens (including phenoxy) is 1. The van der Waals surface area contributed by atoms with Crippen LogP contribution in [0.5, 0.6) is 0 Å². The van der Waals surface area contributed by atoms with Gasteiger partial charge < -0.3 is 9.84 Å². The van der Waals surface area contributed by atoms with Gasteiger partial charge in [0.2, 0.25) is 10.0 Å². The van der Waals surface area contributed by atoms with Crippen molar-refractivity contribution >= 4 is 15.8 Å². The van der Waals surface area contributed by atoms with Crippen LogP contribution in [0, 0.1) is 11.3 Å². The lowest BCUT2D eigenvalue weighted by Crippen LogP contribution is -2.43. The van der Waals surface area contributed by atoms with E-state index in [0.29, 0.717) is 31.6 Å². The minimum atomic E-state index is -3.67. The molecule has 6 nitrogen and oxygen atoms in total. The Bertz CT molecular complexity index is 688. The van der Waals surface area contributed by atoms with Crippen LogP contribution in [0.1, 0.15) is 36.0 Å². The summed E-state index contributed by atoms with van der Waals surface area (Å²) in [5, 5.41) is 9.64. The first-order valence-corrected chi connectivity index (χ1v) is 9.77. The van der Waals surface area contributed by atoms with Crippen molar-refractivity contribution in [2.75, 3.05) is 26.4 Å². The maximum Gasteiger partial charge on any atom is 0.240 e. The zero-order valence-electron chi connectivity index (χ0n) is 13.5. The summed E-state index contributed by atoms with van der Waals surface area (Å²) in [7, 11) is -3.67. The maximum absolute atomic E-state index is 12.5. The summed E-state index contributed by atoms with van der Waals surface area (Å²) in [6, 6.07) is 6.08. The number of hydrogen-bond acceptors (Lipinski definition) is 5. The summed E-state index contributed by atoms with van der Waals surface area (Å²) in [6.07, 6.45) is 3.10. The van der Waals surface area contributed by atoms with Gasteiger partial charge in [0, 0.05) is 36.7 Å². The third-order valence-electron chi connectivity index (χ3n) is 4.92. The standard InChI is InChI=1S/C17H23NO5S/c19-12-17(7-9-23-10-8-17)11-18-24(21,22)15-5-3-14(4-6-15)16(20)13-1-2-13/h3-6,13,18-19H,1-2,7-12H2. The van der Waals surface area contributed by atoms with Crippen molar-refractivity contribution < 1.29 is 23.1 Å². The second kappa shape index (κ2) is 6.92. The number of aliphatic hydroxyl groups is 1. The Balaban J connectivity index is 1.67. The highest BCUT2D eigenvalue weighted by atomic mass is 32.2. The van der Waals surface area contributed by atoms with Crippen LogP contribution in [0.4, 0.5) is 0 Å². The predicted octanol–water partition coefficient (Wildman–Crippen LogP) is 1.35. The van der Waals surface area contributed by atoms with E-state index in [4.69, 9.17) is 4.74 Å². The van der Waals surface area contributed by atoms with E-state index in [9.17, 15) is 18.3 Å². The van der Waals surface area contributed by atoms with Gasteiger partial charge in [-0.1, -0.05) is 12.1 Å². The molecule has 1 aromatic rings. The van der Waals surface area contributed by atoms with Gasteiger partial charge in [-0.2, -0.15) is 0 Å². The van der Waals surface area contributed by atoms with E-state index in [2.05, 4.69) is 4.72 Å². The lowest BCUT2D eigenvalue weighted by atomic mass is 9.81. The molecule has 0 unspecified atom stereocenters. The fourth-order valence-corrected chi connectivity index (χ4v) is 4.06. The molecule has 24 heavy (non-hydrogen) atoms. The van der Waals surface area contributed by atoms with Crippen LogP contribution in [0.2, 0.25) is 0 Å². The molecule has 1 heterocycles. The van der Waals surface area contributed by atoms with Gasteiger partial charge in [0.1, 0.15) is 0 Å². The first-order valence-electron chi connectivity index (χ1n) is 8.28. The number of carbonyl (C=O) groups is 1. The van der Waals surface area contributed by atoms with Crippen molar-refractivity contribution in [3.05, 3.63) is 29.8 Å². The largest absolute Gasteiger partial charge is 0.396 e. The van der Waals surface area contributed by atoms with Crippen LogP contribution >= 0.6 is 0 Å². The van der Waals surface area contributed by atoms with Gasteiger partial charge in [-0.05, 0) is 37.8 Å².